The zero-order chi connectivity index (χ0) is 6.69. The lowest BCUT2D eigenvalue weighted by molar-refractivity contribution is 0.164. The molecule has 3 heteroatoms. The van der Waals surface area contributed by atoms with Crippen LogP contribution in [-0.2, 0) is 0 Å². The highest BCUT2D eigenvalue weighted by atomic mass is 16.4. The predicted molar refractivity (Wildman–Crippen MR) is 31.7 cm³/mol. The predicted octanol–water partition coefficient (Wildman–Crippen LogP) is 0.853. The quantitative estimate of drug-likeness (QED) is 0.520. The van der Waals surface area contributed by atoms with E-state index in [-0.39, 0.29) is 0 Å². The molecule has 1 N–H and O–H groups in total. The molecule has 0 bridgehead atoms. The lowest BCUT2D eigenvalue weighted by atomic mass is 10.4. The fourth-order valence-corrected chi connectivity index (χ4v) is 0.553. The van der Waals surface area contributed by atoms with Gasteiger partial charge in [-0.3, -0.25) is 4.90 Å². The van der Waals surface area contributed by atoms with Gasteiger partial charge in [0, 0.05) is 6.54 Å². The monoisotopic (exact) mass is 124 g/mol. The number of rotatable bonds is 0. The number of allylic oxidation sites excluding steroid dienone is 2. The molecule has 0 aromatic rings. The number of carbonyl (C=O) groups is 1. The minimum atomic E-state index is -0.962. The Hall–Kier alpha value is -1.25. The molecule has 47 valence electrons. The number of hydrogen-bond donors (Lipinski definition) is 1. The topological polar surface area (TPSA) is 40.5 Å². The molecule has 1 aliphatic rings. The molecule has 1 radical (unpaired) electrons. The van der Waals surface area contributed by atoms with E-state index in [4.69, 9.17) is 5.11 Å². The summed E-state index contributed by atoms with van der Waals surface area (Å²) in [7, 11) is 0. The van der Waals surface area contributed by atoms with E-state index >= 15 is 0 Å². The molecule has 0 aromatic heterocycles. The lowest BCUT2D eigenvalue weighted by Crippen LogP contribution is -2.25. The fourth-order valence-electron chi connectivity index (χ4n) is 0.553. The van der Waals surface area contributed by atoms with E-state index in [1.807, 2.05) is 0 Å². The Labute approximate surface area is 52.9 Å². The van der Waals surface area contributed by atoms with E-state index in [9.17, 15) is 4.79 Å². The molecule has 1 rings (SSSR count). The first-order valence-electron chi connectivity index (χ1n) is 2.55. The number of nitrogens with zero attached hydrogens (tertiary/aromatic N) is 1. The van der Waals surface area contributed by atoms with Crippen LogP contribution in [0.3, 0.4) is 0 Å². The van der Waals surface area contributed by atoms with Crippen LogP contribution in [0.15, 0.2) is 18.2 Å². The van der Waals surface area contributed by atoms with Crippen LogP contribution >= 0.6 is 0 Å². The Balaban J connectivity index is 2.56. The van der Waals surface area contributed by atoms with Crippen molar-refractivity contribution >= 4 is 6.09 Å². The number of carboxylic acid groups (broad SMARTS) is 1. The maximum absolute atomic E-state index is 10.2. The van der Waals surface area contributed by atoms with Crippen molar-refractivity contribution in [1.82, 2.24) is 4.90 Å². The Morgan fingerprint density at radius 2 is 2.56 bits per heavy atom. The van der Waals surface area contributed by atoms with Crippen molar-refractivity contribution in [1.29, 1.82) is 0 Å². The molecule has 9 heavy (non-hydrogen) atoms. The van der Waals surface area contributed by atoms with Crippen LogP contribution in [-0.4, -0.2) is 22.6 Å². The minimum absolute atomic E-state index is 0.409. The third-order valence-corrected chi connectivity index (χ3v) is 0.982. The maximum Gasteiger partial charge on any atom is 0.412 e. The normalized spacial score (nSPS) is 16.2. The van der Waals surface area contributed by atoms with Gasteiger partial charge in [-0.1, -0.05) is 12.2 Å². The van der Waals surface area contributed by atoms with Gasteiger partial charge in [0.15, 0.2) is 0 Å². The molecule has 0 saturated heterocycles. The van der Waals surface area contributed by atoms with E-state index < -0.39 is 6.09 Å². The SMILES string of the molecule is O=C(O)N1[C]=CC=CC1. The fraction of sp³-hybridized carbons (Fsp3) is 0.167. The van der Waals surface area contributed by atoms with E-state index in [0.29, 0.717) is 6.54 Å². The van der Waals surface area contributed by atoms with E-state index in [1.165, 1.54) is 0 Å². The highest BCUT2D eigenvalue weighted by Gasteiger charge is 2.06. The minimum Gasteiger partial charge on any atom is -0.465 e. The van der Waals surface area contributed by atoms with Crippen LogP contribution in [0.4, 0.5) is 4.79 Å². The standard InChI is InChI=1S/C6H6NO2/c8-6(9)7-4-2-1-3-5-7/h1-3H,4H2,(H,8,9). The highest BCUT2D eigenvalue weighted by Crippen LogP contribution is 1.96. The Bertz CT molecular complexity index is 172. The summed E-state index contributed by atoms with van der Waals surface area (Å²) in [6.45, 7) is 0.409. The number of hydrogen-bond acceptors (Lipinski definition) is 1. The maximum atomic E-state index is 10.2. The summed E-state index contributed by atoms with van der Waals surface area (Å²) in [6.07, 6.45) is 6.66. The first-order valence-corrected chi connectivity index (χ1v) is 2.55. The second-order valence-electron chi connectivity index (χ2n) is 1.62. The van der Waals surface area contributed by atoms with E-state index in [2.05, 4.69) is 6.20 Å². The summed E-state index contributed by atoms with van der Waals surface area (Å²) in [5, 5.41) is 8.35. The van der Waals surface area contributed by atoms with Crippen molar-refractivity contribution in [3.8, 4) is 0 Å². The van der Waals surface area contributed by atoms with Gasteiger partial charge in [-0.2, -0.15) is 0 Å². The van der Waals surface area contributed by atoms with Gasteiger partial charge in [0.05, 0.1) is 6.20 Å². The lowest BCUT2D eigenvalue weighted by Gasteiger charge is -2.11. The Morgan fingerprint density at radius 1 is 1.78 bits per heavy atom. The molecule has 0 spiro atoms. The van der Waals surface area contributed by atoms with Crippen molar-refractivity contribution in [2.24, 2.45) is 0 Å². The Kier molecular flexibility index (Phi) is 1.53. The summed E-state index contributed by atoms with van der Waals surface area (Å²) in [6, 6.07) is 0. The first-order chi connectivity index (χ1) is 4.30. The summed E-state index contributed by atoms with van der Waals surface area (Å²) in [5.74, 6) is 0. The average Bonchev–Trinajstić information content (AvgIpc) is 1.90. The van der Waals surface area contributed by atoms with E-state index in [0.717, 1.165) is 4.90 Å². The van der Waals surface area contributed by atoms with Gasteiger partial charge in [0.2, 0.25) is 0 Å². The molecule has 0 atom stereocenters. The summed E-state index contributed by atoms with van der Waals surface area (Å²) < 4.78 is 0. The van der Waals surface area contributed by atoms with Gasteiger partial charge in [-0.25, -0.2) is 4.79 Å². The van der Waals surface area contributed by atoms with Crippen LogP contribution in [0.5, 0.6) is 0 Å². The second kappa shape index (κ2) is 2.35. The molecule has 1 heterocycles. The molecule has 1 amide bonds. The largest absolute Gasteiger partial charge is 0.465 e. The smallest absolute Gasteiger partial charge is 0.412 e. The molecule has 0 aromatic carbocycles. The molecular weight excluding hydrogens is 118 g/mol. The average molecular weight is 124 g/mol. The second-order valence-corrected chi connectivity index (χ2v) is 1.62. The summed E-state index contributed by atoms with van der Waals surface area (Å²) >= 11 is 0. The molecule has 1 aliphatic heterocycles. The van der Waals surface area contributed by atoms with Crippen molar-refractivity contribution in [2.45, 2.75) is 0 Å². The van der Waals surface area contributed by atoms with Gasteiger partial charge in [-0.05, 0) is 6.08 Å². The summed E-state index contributed by atoms with van der Waals surface area (Å²) in [5.41, 5.74) is 0. The molecule has 0 saturated carbocycles. The van der Waals surface area contributed by atoms with Crippen LogP contribution < -0.4 is 0 Å². The van der Waals surface area contributed by atoms with Gasteiger partial charge < -0.3 is 5.11 Å². The Morgan fingerprint density at radius 3 is 2.89 bits per heavy atom. The van der Waals surface area contributed by atoms with E-state index in [1.54, 1.807) is 18.2 Å². The van der Waals surface area contributed by atoms with Crippen molar-refractivity contribution in [2.75, 3.05) is 6.54 Å². The van der Waals surface area contributed by atoms with Gasteiger partial charge in [-0.15, -0.1) is 0 Å². The zero-order valence-electron chi connectivity index (χ0n) is 4.74. The summed E-state index contributed by atoms with van der Waals surface area (Å²) in [4.78, 5) is 11.2. The van der Waals surface area contributed by atoms with Crippen molar-refractivity contribution in [3.05, 3.63) is 24.4 Å². The molecule has 0 aliphatic carbocycles. The molecule has 0 fully saturated rings. The van der Waals surface area contributed by atoms with Gasteiger partial charge in [0.25, 0.3) is 0 Å². The molecular formula is C6H6NO2. The zero-order valence-corrected chi connectivity index (χ0v) is 4.74. The number of amides is 1. The van der Waals surface area contributed by atoms with Crippen molar-refractivity contribution in [3.63, 3.8) is 0 Å². The van der Waals surface area contributed by atoms with Gasteiger partial charge >= 0.3 is 6.09 Å². The van der Waals surface area contributed by atoms with Crippen molar-refractivity contribution < 1.29 is 9.90 Å². The highest BCUT2D eigenvalue weighted by molar-refractivity contribution is 5.66. The third-order valence-electron chi connectivity index (χ3n) is 0.982. The van der Waals surface area contributed by atoms with Crippen LogP contribution in [0.1, 0.15) is 0 Å². The van der Waals surface area contributed by atoms with Crippen LogP contribution in [0.25, 0.3) is 0 Å². The first kappa shape index (κ1) is 5.88. The molecule has 0 unspecified atom stereocenters. The van der Waals surface area contributed by atoms with Crippen LogP contribution in [0, 0.1) is 6.20 Å². The van der Waals surface area contributed by atoms with Crippen LogP contribution in [0.2, 0.25) is 0 Å². The third kappa shape index (κ3) is 1.32. The van der Waals surface area contributed by atoms with Gasteiger partial charge in [0.1, 0.15) is 0 Å². The molecule has 3 nitrogen and oxygen atoms in total.